The van der Waals surface area contributed by atoms with Crippen LogP contribution in [-0.4, -0.2) is 25.5 Å². The number of nitrogens with zero attached hydrogens (tertiary/aromatic N) is 4. The molecule has 20 heavy (non-hydrogen) atoms. The van der Waals surface area contributed by atoms with E-state index in [4.69, 9.17) is 0 Å². The molecule has 0 saturated heterocycles. The number of hydrogen-bond acceptors (Lipinski definition) is 3. The molecule has 5 heteroatoms. The highest BCUT2D eigenvalue weighted by Gasteiger charge is 2.18. The summed E-state index contributed by atoms with van der Waals surface area (Å²) in [7, 11) is 0. The van der Waals surface area contributed by atoms with Crippen molar-refractivity contribution in [1.29, 1.82) is 0 Å². The van der Waals surface area contributed by atoms with Crippen molar-refractivity contribution in [2.24, 2.45) is 0 Å². The third-order valence-corrected chi connectivity index (χ3v) is 3.65. The van der Waals surface area contributed by atoms with Crippen LogP contribution in [0, 0.1) is 13.8 Å². The molecule has 0 atom stereocenters. The number of aryl methyl sites for hydroxylation is 1. The quantitative estimate of drug-likeness (QED) is 0.686. The standard InChI is InChI=1S/C15H16N4O/c1-4-12-10(2)17-19(11(12)3)15-13(9-20)18-8-6-5-7-14(18)16-15/h5-9H,4H2,1-3H3. The molecule has 102 valence electrons. The Labute approximate surface area is 116 Å². The van der Waals surface area contributed by atoms with Crippen LogP contribution in [0.1, 0.15) is 34.4 Å². The van der Waals surface area contributed by atoms with Gasteiger partial charge in [-0.2, -0.15) is 5.10 Å². The second-order valence-electron chi connectivity index (χ2n) is 4.78. The summed E-state index contributed by atoms with van der Waals surface area (Å²) in [5.74, 6) is 0.589. The Morgan fingerprint density at radius 2 is 2.10 bits per heavy atom. The number of aldehydes is 1. The van der Waals surface area contributed by atoms with Crippen molar-refractivity contribution in [3.05, 3.63) is 47.0 Å². The van der Waals surface area contributed by atoms with Gasteiger partial charge in [-0.3, -0.25) is 9.20 Å². The van der Waals surface area contributed by atoms with E-state index >= 15 is 0 Å². The van der Waals surface area contributed by atoms with Crippen molar-refractivity contribution in [1.82, 2.24) is 19.2 Å². The zero-order valence-corrected chi connectivity index (χ0v) is 11.8. The van der Waals surface area contributed by atoms with Crippen molar-refractivity contribution in [2.45, 2.75) is 27.2 Å². The van der Waals surface area contributed by atoms with Gasteiger partial charge in [-0.05, 0) is 38.0 Å². The predicted octanol–water partition coefficient (Wildman–Crippen LogP) is 2.51. The predicted molar refractivity (Wildman–Crippen MR) is 76.6 cm³/mol. The van der Waals surface area contributed by atoms with Crippen molar-refractivity contribution in [3.8, 4) is 5.82 Å². The van der Waals surface area contributed by atoms with Gasteiger partial charge in [0.15, 0.2) is 12.1 Å². The van der Waals surface area contributed by atoms with Gasteiger partial charge in [0, 0.05) is 11.9 Å². The number of carbonyl (C=O) groups is 1. The van der Waals surface area contributed by atoms with Gasteiger partial charge in [0.2, 0.25) is 0 Å². The van der Waals surface area contributed by atoms with Gasteiger partial charge in [-0.15, -0.1) is 0 Å². The van der Waals surface area contributed by atoms with E-state index in [1.807, 2.05) is 38.2 Å². The first-order valence-corrected chi connectivity index (χ1v) is 6.65. The molecule has 0 radical (unpaired) electrons. The van der Waals surface area contributed by atoms with E-state index in [0.717, 1.165) is 29.7 Å². The summed E-state index contributed by atoms with van der Waals surface area (Å²) in [5.41, 5.74) is 4.50. The molecule has 5 nitrogen and oxygen atoms in total. The van der Waals surface area contributed by atoms with Gasteiger partial charge in [0.05, 0.1) is 5.69 Å². The van der Waals surface area contributed by atoms with Crippen LogP contribution in [0.15, 0.2) is 24.4 Å². The number of aromatic nitrogens is 4. The average Bonchev–Trinajstić information content (AvgIpc) is 2.95. The lowest BCUT2D eigenvalue weighted by Crippen LogP contribution is -2.04. The fraction of sp³-hybridized carbons (Fsp3) is 0.267. The number of fused-ring (bicyclic) bond motifs is 1. The smallest absolute Gasteiger partial charge is 0.183 e. The lowest BCUT2D eigenvalue weighted by Gasteiger charge is -2.02. The second kappa shape index (κ2) is 4.59. The van der Waals surface area contributed by atoms with Crippen LogP contribution in [0.25, 0.3) is 11.5 Å². The number of hydrogen-bond donors (Lipinski definition) is 0. The first-order chi connectivity index (χ1) is 9.67. The molecule has 0 fully saturated rings. The summed E-state index contributed by atoms with van der Waals surface area (Å²) < 4.78 is 3.55. The Hall–Kier alpha value is -2.43. The third-order valence-electron chi connectivity index (χ3n) is 3.65. The van der Waals surface area contributed by atoms with Crippen molar-refractivity contribution >= 4 is 11.9 Å². The molecular weight excluding hydrogens is 252 g/mol. The minimum Gasteiger partial charge on any atom is -0.296 e. The molecule has 0 amide bonds. The monoisotopic (exact) mass is 268 g/mol. The van der Waals surface area contributed by atoms with Crippen molar-refractivity contribution < 1.29 is 4.79 Å². The van der Waals surface area contributed by atoms with Crippen LogP contribution in [0.4, 0.5) is 0 Å². The Morgan fingerprint density at radius 1 is 1.30 bits per heavy atom. The lowest BCUT2D eigenvalue weighted by molar-refractivity contribution is 0.111. The van der Waals surface area contributed by atoms with E-state index in [-0.39, 0.29) is 0 Å². The topological polar surface area (TPSA) is 52.2 Å². The van der Waals surface area contributed by atoms with Gasteiger partial charge in [0.25, 0.3) is 0 Å². The van der Waals surface area contributed by atoms with Gasteiger partial charge in [-0.25, -0.2) is 9.67 Å². The first kappa shape index (κ1) is 12.6. The van der Waals surface area contributed by atoms with Crippen LogP contribution in [0.2, 0.25) is 0 Å². The Balaban J connectivity index is 2.32. The summed E-state index contributed by atoms with van der Waals surface area (Å²) in [5, 5.41) is 4.54. The highest BCUT2D eigenvalue weighted by molar-refractivity contribution is 5.79. The molecule has 0 unspecified atom stereocenters. The van der Waals surface area contributed by atoms with E-state index in [1.54, 1.807) is 9.08 Å². The van der Waals surface area contributed by atoms with E-state index < -0.39 is 0 Å². The average molecular weight is 268 g/mol. The van der Waals surface area contributed by atoms with Crippen LogP contribution >= 0.6 is 0 Å². The highest BCUT2D eigenvalue weighted by Crippen LogP contribution is 2.21. The molecule has 3 heterocycles. The third kappa shape index (κ3) is 1.66. The minimum absolute atomic E-state index is 0.522. The minimum atomic E-state index is 0.522. The molecule has 3 rings (SSSR count). The number of carbonyl (C=O) groups excluding carboxylic acids is 1. The number of rotatable bonds is 3. The molecular formula is C15H16N4O. The Bertz CT molecular complexity index is 798. The Kier molecular flexibility index (Phi) is 2.89. The summed E-state index contributed by atoms with van der Waals surface area (Å²) in [6, 6.07) is 5.66. The molecule has 0 N–H and O–H groups in total. The summed E-state index contributed by atoms with van der Waals surface area (Å²) in [4.78, 5) is 16.0. The maximum atomic E-state index is 11.4. The fourth-order valence-corrected chi connectivity index (χ4v) is 2.66. The molecule has 0 aromatic carbocycles. The van der Waals surface area contributed by atoms with E-state index in [1.165, 1.54) is 5.56 Å². The maximum Gasteiger partial charge on any atom is 0.183 e. The van der Waals surface area contributed by atoms with Crippen molar-refractivity contribution in [2.75, 3.05) is 0 Å². The van der Waals surface area contributed by atoms with Gasteiger partial charge < -0.3 is 0 Å². The largest absolute Gasteiger partial charge is 0.296 e. The number of imidazole rings is 1. The summed E-state index contributed by atoms with van der Waals surface area (Å²) in [6.07, 6.45) is 3.58. The molecule has 0 saturated carbocycles. The molecule has 0 aliphatic heterocycles. The molecule has 3 aromatic rings. The van der Waals surface area contributed by atoms with E-state index in [2.05, 4.69) is 17.0 Å². The normalized spacial score (nSPS) is 11.2. The van der Waals surface area contributed by atoms with Crippen molar-refractivity contribution in [3.63, 3.8) is 0 Å². The molecule has 3 aromatic heterocycles. The van der Waals surface area contributed by atoms with Crippen LogP contribution in [0.5, 0.6) is 0 Å². The molecule has 0 aliphatic rings. The maximum absolute atomic E-state index is 11.4. The fourth-order valence-electron chi connectivity index (χ4n) is 2.66. The molecule has 0 spiro atoms. The lowest BCUT2D eigenvalue weighted by atomic mass is 10.1. The summed E-state index contributed by atoms with van der Waals surface area (Å²) >= 11 is 0. The van der Waals surface area contributed by atoms with Crippen LogP contribution in [-0.2, 0) is 6.42 Å². The zero-order chi connectivity index (χ0) is 14.3. The molecule has 0 aliphatic carbocycles. The Morgan fingerprint density at radius 3 is 2.75 bits per heavy atom. The van der Waals surface area contributed by atoms with Gasteiger partial charge in [-0.1, -0.05) is 13.0 Å². The summed E-state index contributed by atoms with van der Waals surface area (Å²) in [6.45, 7) is 6.10. The number of pyridine rings is 1. The van der Waals surface area contributed by atoms with E-state index in [0.29, 0.717) is 11.5 Å². The SMILES string of the molecule is CCc1c(C)nn(-c2nc3ccccn3c2C=O)c1C. The first-order valence-electron chi connectivity index (χ1n) is 6.65. The highest BCUT2D eigenvalue weighted by atomic mass is 16.1. The molecule has 0 bridgehead atoms. The van der Waals surface area contributed by atoms with Crippen LogP contribution < -0.4 is 0 Å². The van der Waals surface area contributed by atoms with E-state index in [9.17, 15) is 4.79 Å². The second-order valence-corrected chi connectivity index (χ2v) is 4.78. The van der Waals surface area contributed by atoms with Gasteiger partial charge in [0.1, 0.15) is 11.3 Å². The zero-order valence-electron chi connectivity index (χ0n) is 11.8. The van der Waals surface area contributed by atoms with Gasteiger partial charge >= 0.3 is 0 Å². The van der Waals surface area contributed by atoms with Crippen LogP contribution in [0.3, 0.4) is 0 Å².